The van der Waals surface area contributed by atoms with Crippen molar-refractivity contribution in [3.63, 3.8) is 0 Å². The first kappa shape index (κ1) is 21.3. The highest BCUT2D eigenvalue weighted by molar-refractivity contribution is 5.93. The van der Waals surface area contributed by atoms with E-state index in [1.807, 2.05) is 6.07 Å². The van der Waals surface area contributed by atoms with Gasteiger partial charge in [-0.15, -0.1) is 0 Å². The van der Waals surface area contributed by atoms with Gasteiger partial charge < -0.3 is 14.6 Å². The van der Waals surface area contributed by atoms with Crippen molar-refractivity contribution in [1.29, 1.82) is 0 Å². The molecule has 2 aromatic carbocycles. The molecule has 0 amide bonds. The van der Waals surface area contributed by atoms with E-state index in [4.69, 9.17) is 9.47 Å². The van der Waals surface area contributed by atoms with Gasteiger partial charge in [-0.2, -0.15) is 0 Å². The number of aromatic carboxylic acids is 1. The summed E-state index contributed by atoms with van der Waals surface area (Å²) in [4.78, 5) is 27.3. The molecule has 0 unspecified atom stereocenters. The number of ether oxygens (including phenoxy) is 2. The van der Waals surface area contributed by atoms with Crippen LogP contribution in [0.15, 0.2) is 42.6 Å². The monoisotopic (exact) mass is 434 g/mol. The number of carboxylic acid groups (broad SMARTS) is 1. The second-order valence-corrected chi connectivity index (χ2v) is 7.63. The Hall–Kier alpha value is -3.94. The standard InChI is InChI=1S/C24H22N2O6/c1-14-19(16-10-11-20(31-2)18(12-16)24(27)28)13-25-23(22(14)26(29)30)32-21-9-5-7-15-6-3-4-8-17(15)21/h5,7,9-13H,3-4,6,8H2,1-2H3,(H,27,28). The number of pyridine rings is 1. The molecule has 3 aromatic rings. The molecule has 1 aliphatic carbocycles. The summed E-state index contributed by atoms with van der Waals surface area (Å²) in [6, 6.07) is 10.3. The lowest BCUT2D eigenvalue weighted by atomic mass is 9.91. The summed E-state index contributed by atoms with van der Waals surface area (Å²) >= 11 is 0. The number of rotatable bonds is 6. The highest BCUT2D eigenvalue weighted by Crippen LogP contribution is 2.40. The number of nitrogens with zero attached hydrogens (tertiary/aromatic N) is 2. The van der Waals surface area contributed by atoms with Gasteiger partial charge in [0.25, 0.3) is 5.88 Å². The Bertz CT molecular complexity index is 1220. The fraction of sp³-hybridized carbons (Fsp3) is 0.250. The number of carbonyl (C=O) groups is 1. The molecule has 8 nitrogen and oxygen atoms in total. The molecule has 0 spiro atoms. The Morgan fingerprint density at radius 1 is 1.16 bits per heavy atom. The summed E-state index contributed by atoms with van der Waals surface area (Å²) in [6.07, 6.45) is 5.46. The molecular formula is C24H22N2O6. The summed E-state index contributed by atoms with van der Waals surface area (Å²) in [5.41, 5.74) is 3.25. The number of methoxy groups -OCH3 is 1. The zero-order valence-electron chi connectivity index (χ0n) is 17.8. The number of benzene rings is 2. The van der Waals surface area contributed by atoms with E-state index in [9.17, 15) is 20.0 Å². The minimum absolute atomic E-state index is 0.0386. The van der Waals surface area contributed by atoms with Crippen molar-refractivity contribution in [2.45, 2.75) is 32.6 Å². The SMILES string of the molecule is COc1ccc(-c2cnc(Oc3cccc4c3CCCC4)c([N+](=O)[O-])c2C)cc1C(=O)O. The van der Waals surface area contributed by atoms with Gasteiger partial charge in [0.05, 0.1) is 12.0 Å². The molecule has 1 aliphatic rings. The number of nitro groups is 1. The van der Waals surface area contributed by atoms with Crippen LogP contribution in [0.4, 0.5) is 5.69 Å². The quantitative estimate of drug-likeness (QED) is 0.411. The van der Waals surface area contributed by atoms with Crippen LogP contribution < -0.4 is 9.47 Å². The van der Waals surface area contributed by atoms with Gasteiger partial charge in [0.1, 0.15) is 17.1 Å². The van der Waals surface area contributed by atoms with Crippen molar-refractivity contribution in [2.75, 3.05) is 7.11 Å². The number of hydrogen-bond acceptors (Lipinski definition) is 6. The molecule has 0 saturated heterocycles. The van der Waals surface area contributed by atoms with Crippen molar-refractivity contribution < 1.29 is 24.3 Å². The molecule has 0 bridgehead atoms. The molecule has 0 aliphatic heterocycles. The molecule has 8 heteroatoms. The second-order valence-electron chi connectivity index (χ2n) is 7.63. The first-order valence-electron chi connectivity index (χ1n) is 10.2. The van der Waals surface area contributed by atoms with E-state index in [1.54, 1.807) is 19.1 Å². The van der Waals surface area contributed by atoms with Gasteiger partial charge in [-0.3, -0.25) is 10.1 Å². The molecular weight excluding hydrogens is 412 g/mol. The van der Waals surface area contributed by atoms with Crippen LogP contribution in [0.1, 0.15) is 39.9 Å². The van der Waals surface area contributed by atoms with Crippen molar-refractivity contribution in [3.05, 3.63) is 75.0 Å². The predicted molar refractivity (Wildman–Crippen MR) is 118 cm³/mol. The molecule has 0 saturated carbocycles. The summed E-state index contributed by atoms with van der Waals surface area (Å²) < 4.78 is 11.1. The van der Waals surface area contributed by atoms with Gasteiger partial charge in [0.15, 0.2) is 0 Å². The van der Waals surface area contributed by atoms with E-state index in [1.165, 1.54) is 31.0 Å². The number of aryl methyl sites for hydroxylation is 1. The minimum atomic E-state index is -1.15. The molecule has 4 rings (SSSR count). The van der Waals surface area contributed by atoms with Crippen molar-refractivity contribution >= 4 is 11.7 Å². The Labute approximate surface area is 184 Å². The molecule has 32 heavy (non-hydrogen) atoms. The van der Waals surface area contributed by atoms with E-state index in [0.717, 1.165) is 31.2 Å². The average molecular weight is 434 g/mol. The average Bonchev–Trinajstić information content (AvgIpc) is 2.79. The maximum absolute atomic E-state index is 12.0. The smallest absolute Gasteiger partial charge is 0.339 e. The minimum Gasteiger partial charge on any atom is -0.496 e. The second kappa shape index (κ2) is 8.66. The van der Waals surface area contributed by atoms with E-state index in [0.29, 0.717) is 22.4 Å². The van der Waals surface area contributed by atoms with Crippen LogP contribution in [-0.4, -0.2) is 28.1 Å². The number of hydrogen-bond donors (Lipinski definition) is 1. The van der Waals surface area contributed by atoms with Gasteiger partial charge >= 0.3 is 11.7 Å². The van der Waals surface area contributed by atoms with Crippen LogP contribution in [-0.2, 0) is 12.8 Å². The summed E-state index contributed by atoms with van der Waals surface area (Å²) in [5, 5.41) is 21.4. The molecule has 0 fully saturated rings. The number of carboxylic acids is 1. The lowest BCUT2D eigenvalue weighted by molar-refractivity contribution is -0.386. The van der Waals surface area contributed by atoms with E-state index < -0.39 is 10.9 Å². The van der Waals surface area contributed by atoms with Crippen LogP contribution >= 0.6 is 0 Å². The van der Waals surface area contributed by atoms with Crippen LogP contribution in [0, 0.1) is 17.0 Å². The highest BCUT2D eigenvalue weighted by atomic mass is 16.6. The molecule has 164 valence electrons. The Morgan fingerprint density at radius 2 is 1.94 bits per heavy atom. The van der Waals surface area contributed by atoms with Gasteiger partial charge in [-0.25, -0.2) is 9.78 Å². The summed E-state index contributed by atoms with van der Waals surface area (Å²) in [5.74, 6) is -0.447. The van der Waals surface area contributed by atoms with Gasteiger partial charge in [0, 0.05) is 17.3 Å². The van der Waals surface area contributed by atoms with Crippen molar-refractivity contribution in [2.24, 2.45) is 0 Å². The Morgan fingerprint density at radius 3 is 2.66 bits per heavy atom. The van der Waals surface area contributed by atoms with E-state index in [2.05, 4.69) is 11.1 Å². The van der Waals surface area contributed by atoms with Gasteiger partial charge in [-0.1, -0.05) is 18.2 Å². The highest BCUT2D eigenvalue weighted by Gasteiger charge is 2.26. The molecule has 1 N–H and O–H groups in total. The molecule has 1 aromatic heterocycles. The predicted octanol–water partition coefficient (Wildman–Crippen LogP) is 5.34. The van der Waals surface area contributed by atoms with Crippen molar-refractivity contribution in [3.8, 4) is 28.5 Å². The number of fused-ring (bicyclic) bond motifs is 1. The third-order valence-corrected chi connectivity index (χ3v) is 5.76. The normalized spacial score (nSPS) is 12.7. The maximum atomic E-state index is 12.0. The third kappa shape index (κ3) is 3.87. The molecule has 1 heterocycles. The Balaban J connectivity index is 1.79. The zero-order chi connectivity index (χ0) is 22.8. The van der Waals surface area contributed by atoms with Gasteiger partial charge in [-0.05, 0) is 67.5 Å². The topological polar surface area (TPSA) is 112 Å². The first-order chi connectivity index (χ1) is 15.4. The lowest BCUT2D eigenvalue weighted by Gasteiger charge is -2.19. The summed E-state index contributed by atoms with van der Waals surface area (Å²) in [6.45, 7) is 1.60. The van der Waals surface area contributed by atoms with Crippen LogP contribution in [0.3, 0.4) is 0 Å². The van der Waals surface area contributed by atoms with Crippen LogP contribution in [0.2, 0.25) is 0 Å². The zero-order valence-corrected chi connectivity index (χ0v) is 17.8. The summed E-state index contributed by atoms with van der Waals surface area (Å²) in [7, 11) is 1.38. The van der Waals surface area contributed by atoms with Crippen molar-refractivity contribution in [1.82, 2.24) is 4.98 Å². The molecule has 0 radical (unpaired) electrons. The van der Waals surface area contributed by atoms with E-state index >= 15 is 0 Å². The van der Waals surface area contributed by atoms with E-state index in [-0.39, 0.29) is 22.9 Å². The lowest BCUT2D eigenvalue weighted by Crippen LogP contribution is -2.06. The first-order valence-corrected chi connectivity index (χ1v) is 10.2. The molecule has 0 atom stereocenters. The van der Waals surface area contributed by atoms with Crippen LogP contribution in [0.25, 0.3) is 11.1 Å². The fourth-order valence-corrected chi connectivity index (χ4v) is 4.14. The fourth-order valence-electron chi connectivity index (χ4n) is 4.14. The largest absolute Gasteiger partial charge is 0.496 e. The number of aromatic nitrogens is 1. The Kier molecular flexibility index (Phi) is 5.77. The van der Waals surface area contributed by atoms with Gasteiger partial charge in [0.2, 0.25) is 0 Å². The van der Waals surface area contributed by atoms with Crippen LogP contribution in [0.5, 0.6) is 17.4 Å². The maximum Gasteiger partial charge on any atom is 0.339 e. The third-order valence-electron chi connectivity index (χ3n) is 5.76.